The molecule has 0 saturated carbocycles. The lowest BCUT2D eigenvalue weighted by Gasteiger charge is -2.01. The summed E-state index contributed by atoms with van der Waals surface area (Å²) in [4.78, 5) is 12.8. The quantitative estimate of drug-likeness (QED) is 0.688. The molecular weight excluding hydrogens is 260 g/mol. The highest BCUT2D eigenvalue weighted by atomic mass is 32.1. The van der Waals surface area contributed by atoms with Gasteiger partial charge in [0.1, 0.15) is 5.75 Å². The summed E-state index contributed by atoms with van der Waals surface area (Å²) in [7, 11) is 1.59. The molecule has 98 valence electrons. The van der Waals surface area contributed by atoms with E-state index in [0.717, 1.165) is 10.4 Å². The van der Waals surface area contributed by atoms with Crippen LogP contribution in [0.25, 0.3) is 0 Å². The molecule has 0 unspecified atom stereocenters. The van der Waals surface area contributed by atoms with Crippen molar-refractivity contribution in [2.75, 3.05) is 7.11 Å². The maximum atomic E-state index is 11.8. The minimum absolute atomic E-state index is 0.242. The van der Waals surface area contributed by atoms with Crippen molar-refractivity contribution in [3.63, 3.8) is 0 Å². The van der Waals surface area contributed by atoms with Crippen LogP contribution in [0.2, 0.25) is 0 Å². The van der Waals surface area contributed by atoms with Crippen LogP contribution in [0.5, 0.6) is 5.75 Å². The summed E-state index contributed by atoms with van der Waals surface area (Å²) in [5, 5.41) is 5.94. The van der Waals surface area contributed by atoms with E-state index in [4.69, 9.17) is 4.74 Å². The Morgan fingerprint density at radius 1 is 1.32 bits per heavy atom. The Kier molecular flexibility index (Phi) is 4.30. The van der Waals surface area contributed by atoms with Gasteiger partial charge < -0.3 is 4.74 Å². The molecule has 1 heterocycles. The van der Waals surface area contributed by atoms with E-state index in [1.54, 1.807) is 48.9 Å². The van der Waals surface area contributed by atoms with Crippen LogP contribution in [-0.4, -0.2) is 19.2 Å². The zero-order valence-corrected chi connectivity index (χ0v) is 11.5. The van der Waals surface area contributed by atoms with Crippen molar-refractivity contribution in [1.82, 2.24) is 5.43 Å². The number of amides is 1. The van der Waals surface area contributed by atoms with Crippen LogP contribution < -0.4 is 10.2 Å². The molecule has 0 spiro atoms. The van der Waals surface area contributed by atoms with Crippen molar-refractivity contribution >= 4 is 23.5 Å². The van der Waals surface area contributed by atoms with Gasteiger partial charge >= 0.3 is 0 Å². The van der Waals surface area contributed by atoms with Crippen molar-refractivity contribution in [3.8, 4) is 5.75 Å². The molecule has 1 aromatic heterocycles. The third-order valence-electron chi connectivity index (χ3n) is 2.60. The Morgan fingerprint density at radius 3 is 2.63 bits per heavy atom. The lowest BCUT2D eigenvalue weighted by Crippen LogP contribution is -2.17. The summed E-state index contributed by atoms with van der Waals surface area (Å²) in [6.07, 6.45) is 1.65. The second kappa shape index (κ2) is 6.15. The number of nitrogens with zero attached hydrogens (tertiary/aromatic N) is 1. The molecule has 19 heavy (non-hydrogen) atoms. The van der Waals surface area contributed by atoms with Gasteiger partial charge in [-0.2, -0.15) is 5.10 Å². The molecule has 0 radical (unpaired) electrons. The van der Waals surface area contributed by atoms with E-state index >= 15 is 0 Å². The largest absolute Gasteiger partial charge is 0.497 e. The summed E-state index contributed by atoms with van der Waals surface area (Å²) < 4.78 is 5.03. The molecule has 5 heteroatoms. The lowest BCUT2D eigenvalue weighted by atomic mass is 10.2. The van der Waals surface area contributed by atoms with Crippen molar-refractivity contribution < 1.29 is 9.53 Å². The molecule has 0 fully saturated rings. The van der Waals surface area contributed by atoms with E-state index < -0.39 is 0 Å². The summed E-state index contributed by atoms with van der Waals surface area (Å²) >= 11 is 1.58. The average Bonchev–Trinajstić information content (AvgIpc) is 2.84. The Hall–Kier alpha value is -2.14. The topological polar surface area (TPSA) is 50.7 Å². The number of thiophene rings is 1. The fourth-order valence-electron chi connectivity index (χ4n) is 1.47. The van der Waals surface area contributed by atoms with E-state index in [2.05, 4.69) is 10.5 Å². The summed E-state index contributed by atoms with van der Waals surface area (Å²) in [5.41, 5.74) is 4.19. The predicted molar refractivity (Wildman–Crippen MR) is 77.1 cm³/mol. The van der Waals surface area contributed by atoms with Crippen LogP contribution in [0.1, 0.15) is 20.8 Å². The number of carbonyl (C=O) groups is 1. The molecule has 1 aromatic carbocycles. The second-order valence-electron chi connectivity index (χ2n) is 3.90. The Morgan fingerprint density at radius 2 is 2.05 bits per heavy atom. The number of hydrogen-bond acceptors (Lipinski definition) is 4. The maximum absolute atomic E-state index is 11.8. The van der Waals surface area contributed by atoms with Crippen LogP contribution >= 0.6 is 11.3 Å². The molecule has 0 atom stereocenters. The first-order chi connectivity index (χ1) is 9.20. The van der Waals surface area contributed by atoms with Crippen LogP contribution in [0.4, 0.5) is 0 Å². The highest BCUT2D eigenvalue weighted by Crippen LogP contribution is 2.13. The molecule has 0 bridgehead atoms. The maximum Gasteiger partial charge on any atom is 0.271 e. The highest BCUT2D eigenvalue weighted by molar-refractivity contribution is 7.11. The molecule has 1 N–H and O–H groups in total. The number of nitrogens with one attached hydrogen (secondary N) is 1. The fourth-order valence-corrected chi connectivity index (χ4v) is 2.26. The molecule has 0 aliphatic heterocycles. The van der Waals surface area contributed by atoms with Crippen LogP contribution in [0.3, 0.4) is 0 Å². The van der Waals surface area contributed by atoms with E-state index in [0.29, 0.717) is 11.3 Å². The van der Waals surface area contributed by atoms with Crippen molar-refractivity contribution in [1.29, 1.82) is 0 Å². The number of carbonyl (C=O) groups excluding carboxylic acids is 1. The van der Waals surface area contributed by atoms with Gasteiger partial charge in [-0.1, -0.05) is 0 Å². The summed E-state index contributed by atoms with van der Waals surface area (Å²) in [6.45, 7) is 2.00. The van der Waals surface area contributed by atoms with Crippen LogP contribution in [0, 0.1) is 6.92 Å². The Labute approximate surface area is 115 Å². The molecular formula is C14H14N2O2S. The van der Waals surface area contributed by atoms with Gasteiger partial charge in [0.05, 0.1) is 13.3 Å². The summed E-state index contributed by atoms with van der Waals surface area (Å²) in [5.74, 6) is 0.474. The monoisotopic (exact) mass is 274 g/mol. The van der Waals surface area contributed by atoms with E-state index in [-0.39, 0.29) is 5.91 Å². The standard InChI is InChI=1S/C14H14N2O2S/c1-10-7-8-19-13(10)9-15-16-14(17)11-3-5-12(18-2)6-4-11/h3-9H,1-2H3,(H,16,17)/b15-9-. The molecule has 2 rings (SSSR count). The number of rotatable bonds is 4. The minimum atomic E-state index is -0.242. The lowest BCUT2D eigenvalue weighted by molar-refractivity contribution is 0.0955. The predicted octanol–water partition coefficient (Wildman–Crippen LogP) is 2.83. The number of aryl methyl sites for hydroxylation is 1. The van der Waals surface area contributed by atoms with Crippen LogP contribution in [0.15, 0.2) is 40.8 Å². The van der Waals surface area contributed by atoms with E-state index in [1.807, 2.05) is 18.4 Å². The Bertz CT molecular complexity index is 588. The van der Waals surface area contributed by atoms with Crippen molar-refractivity contribution in [2.24, 2.45) is 5.10 Å². The first-order valence-corrected chi connectivity index (χ1v) is 6.60. The van der Waals surface area contributed by atoms with E-state index in [9.17, 15) is 4.79 Å². The van der Waals surface area contributed by atoms with Gasteiger partial charge in [0.2, 0.25) is 0 Å². The molecule has 1 amide bonds. The third-order valence-corrected chi connectivity index (χ3v) is 3.56. The van der Waals surface area contributed by atoms with Crippen molar-refractivity contribution in [2.45, 2.75) is 6.92 Å². The number of hydrogen-bond donors (Lipinski definition) is 1. The van der Waals surface area contributed by atoms with Crippen LogP contribution in [-0.2, 0) is 0 Å². The van der Waals surface area contributed by atoms with E-state index in [1.165, 1.54) is 0 Å². The normalized spacial score (nSPS) is 10.6. The average molecular weight is 274 g/mol. The minimum Gasteiger partial charge on any atom is -0.497 e. The van der Waals surface area contributed by atoms with Gasteiger partial charge in [0.25, 0.3) is 5.91 Å². The fraction of sp³-hybridized carbons (Fsp3) is 0.143. The molecule has 0 aliphatic rings. The van der Waals surface area contributed by atoms with Crippen molar-refractivity contribution in [3.05, 3.63) is 51.7 Å². The molecule has 0 saturated heterocycles. The smallest absolute Gasteiger partial charge is 0.271 e. The molecule has 0 aliphatic carbocycles. The second-order valence-corrected chi connectivity index (χ2v) is 4.84. The third kappa shape index (κ3) is 3.42. The Balaban J connectivity index is 1.97. The zero-order chi connectivity index (χ0) is 13.7. The molecule has 4 nitrogen and oxygen atoms in total. The molecule has 2 aromatic rings. The number of benzene rings is 1. The number of ether oxygens (including phenoxy) is 1. The number of methoxy groups -OCH3 is 1. The van der Waals surface area contributed by atoms with Gasteiger partial charge in [-0.05, 0) is 48.2 Å². The van der Waals surface area contributed by atoms with Gasteiger partial charge in [-0.25, -0.2) is 5.43 Å². The number of hydrazone groups is 1. The first-order valence-electron chi connectivity index (χ1n) is 5.72. The first kappa shape index (κ1) is 13.3. The van der Waals surface area contributed by atoms with Gasteiger partial charge in [-0.15, -0.1) is 11.3 Å². The highest BCUT2D eigenvalue weighted by Gasteiger charge is 2.04. The summed E-state index contributed by atoms with van der Waals surface area (Å²) in [6, 6.07) is 8.88. The van der Waals surface area contributed by atoms with Gasteiger partial charge in [0, 0.05) is 10.4 Å². The van der Waals surface area contributed by atoms with Gasteiger partial charge in [-0.3, -0.25) is 4.79 Å². The van der Waals surface area contributed by atoms with Gasteiger partial charge in [0.15, 0.2) is 0 Å². The SMILES string of the molecule is COc1ccc(C(=O)N/N=C\c2sccc2C)cc1. The zero-order valence-electron chi connectivity index (χ0n) is 10.7.